The fourth-order valence-corrected chi connectivity index (χ4v) is 4.13. The Kier molecular flexibility index (Phi) is 8.78. The number of pyridine rings is 1. The number of benzene rings is 2. The molecule has 0 N–H and O–H groups in total. The number of carbonyl (C=O) groups is 2. The predicted octanol–water partition coefficient (Wildman–Crippen LogP) is 5.33. The van der Waals surface area contributed by atoms with Crippen LogP contribution in [0.3, 0.4) is 0 Å². The second kappa shape index (κ2) is 12.4. The van der Waals surface area contributed by atoms with Crippen LogP contribution in [-0.2, 0) is 40.5 Å². The maximum Gasteiger partial charge on any atom is 0.416 e. The molecule has 2 aromatic carbocycles. The summed E-state index contributed by atoms with van der Waals surface area (Å²) in [5.74, 6) is -1.13. The summed E-state index contributed by atoms with van der Waals surface area (Å²) in [6, 6.07) is 18.2. The maximum absolute atomic E-state index is 13.5. The summed E-state index contributed by atoms with van der Waals surface area (Å²) in [4.78, 5) is 32.1. The second-order valence-corrected chi connectivity index (χ2v) is 9.05. The summed E-state index contributed by atoms with van der Waals surface area (Å²) in [5, 5.41) is 4.34. The van der Waals surface area contributed by atoms with E-state index in [0.29, 0.717) is 11.3 Å². The number of methoxy groups -OCH3 is 1. The van der Waals surface area contributed by atoms with Crippen molar-refractivity contribution in [2.75, 3.05) is 7.11 Å². The summed E-state index contributed by atoms with van der Waals surface area (Å²) in [6.45, 7) is 0.0747. The normalized spacial score (nSPS) is 12.3. The Morgan fingerprint density at radius 3 is 2.33 bits per heavy atom. The van der Waals surface area contributed by atoms with E-state index in [0.717, 1.165) is 29.0 Å². The van der Waals surface area contributed by atoms with Crippen LogP contribution in [0, 0.1) is 0 Å². The maximum atomic E-state index is 13.5. The first-order valence-corrected chi connectivity index (χ1v) is 12.4. The highest BCUT2D eigenvalue weighted by atomic mass is 19.4. The fraction of sp³-hybridized carbons (Fsp3) is 0.200. The molecule has 0 saturated heterocycles. The van der Waals surface area contributed by atoms with Crippen molar-refractivity contribution in [3.05, 3.63) is 114 Å². The lowest BCUT2D eigenvalue weighted by atomic mass is 10.1. The van der Waals surface area contributed by atoms with E-state index in [1.807, 2.05) is 42.5 Å². The van der Waals surface area contributed by atoms with Gasteiger partial charge >= 0.3 is 12.1 Å². The summed E-state index contributed by atoms with van der Waals surface area (Å²) >= 11 is 0. The zero-order valence-corrected chi connectivity index (χ0v) is 21.9. The molecular formula is C30H27F3N4O3. The Morgan fingerprint density at radius 2 is 1.75 bits per heavy atom. The SMILES string of the molecule is COC(=O)C(Cc1ccn(C)n1)N(Cc1ccc(-c2ccccn2)cc1)C(=O)/C=C/c1ccc(C(F)(F)F)cc1. The van der Waals surface area contributed by atoms with Crippen molar-refractivity contribution < 1.29 is 27.5 Å². The number of aryl methyl sites for hydroxylation is 1. The van der Waals surface area contributed by atoms with Crippen LogP contribution in [0.4, 0.5) is 13.2 Å². The van der Waals surface area contributed by atoms with Gasteiger partial charge in [-0.15, -0.1) is 0 Å². The summed E-state index contributed by atoms with van der Waals surface area (Å²) in [5.41, 5.74) is 2.65. The van der Waals surface area contributed by atoms with Gasteiger partial charge in [0.2, 0.25) is 5.91 Å². The molecule has 206 valence electrons. The predicted molar refractivity (Wildman–Crippen MR) is 143 cm³/mol. The van der Waals surface area contributed by atoms with Gasteiger partial charge in [-0.1, -0.05) is 42.5 Å². The lowest BCUT2D eigenvalue weighted by Gasteiger charge is -2.29. The van der Waals surface area contributed by atoms with E-state index >= 15 is 0 Å². The van der Waals surface area contributed by atoms with Crippen molar-refractivity contribution in [1.29, 1.82) is 0 Å². The standard InChI is InChI=1S/C30H27F3N4O3/c1-36-18-16-25(35-36)19-27(29(39)40-2)37(20-22-6-11-23(12-7-22)26-5-3-4-17-34-26)28(38)15-10-21-8-13-24(14-9-21)30(31,32)33/h3-18,27H,19-20H2,1-2H3/b15-10+. The Labute approximate surface area is 229 Å². The molecule has 0 saturated carbocycles. The van der Waals surface area contributed by atoms with Crippen LogP contribution >= 0.6 is 0 Å². The van der Waals surface area contributed by atoms with Crippen LogP contribution in [0.1, 0.15) is 22.4 Å². The molecule has 40 heavy (non-hydrogen) atoms. The number of alkyl halides is 3. The van der Waals surface area contributed by atoms with Gasteiger partial charge in [0.25, 0.3) is 0 Å². The third-order valence-electron chi connectivity index (χ3n) is 6.23. The number of esters is 1. The molecule has 1 unspecified atom stereocenters. The highest BCUT2D eigenvalue weighted by Gasteiger charge is 2.31. The average Bonchev–Trinajstić information content (AvgIpc) is 3.38. The number of hydrogen-bond acceptors (Lipinski definition) is 5. The molecule has 0 fully saturated rings. The molecule has 0 aliphatic carbocycles. The molecule has 7 nitrogen and oxygen atoms in total. The smallest absolute Gasteiger partial charge is 0.416 e. The molecule has 0 bridgehead atoms. The van der Waals surface area contributed by atoms with E-state index in [9.17, 15) is 22.8 Å². The molecular weight excluding hydrogens is 521 g/mol. The molecule has 10 heteroatoms. The van der Waals surface area contributed by atoms with Gasteiger partial charge in [0.1, 0.15) is 6.04 Å². The van der Waals surface area contributed by atoms with Gasteiger partial charge < -0.3 is 9.64 Å². The zero-order valence-electron chi connectivity index (χ0n) is 21.9. The molecule has 2 aromatic heterocycles. The van der Waals surface area contributed by atoms with Crippen LogP contribution < -0.4 is 0 Å². The van der Waals surface area contributed by atoms with Crippen LogP contribution in [0.15, 0.2) is 91.3 Å². The van der Waals surface area contributed by atoms with Crippen molar-refractivity contribution in [3.8, 4) is 11.3 Å². The van der Waals surface area contributed by atoms with Crippen molar-refractivity contribution in [1.82, 2.24) is 19.7 Å². The minimum Gasteiger partial charge on any atom is -0.467 e. The first-order valence-electron chi connectivity index (χ1n) is 12.4. The van der Waals surface area contributed by atoms with Crippen LogP contribution in [0.2, 0.25) is 0 Å². The molecule has 4 aromatic rings. The van der Waals surface area contributed by atoms with E-state index in [1.54, 1.807) is 30.2 Å². The van der Waals surface area contributed by atoms with Gasteiger partial charge in [0.05, 0.1) is 24.1 Å². The molecule has 1 atom stereocenters. The number of ether oxygens (including phenoxy) is 1. The summed E-state index contributed by atoms with van der Waals surface area (Å²) in [6.07, 6.45) is 1.73. The topological polar surface area (TPSA) is 77.3 Å². The monoisotopic (exact) mass is 548 g/mol. The van der Waals surface area contributed by atoms with Gasteiger partial charge in [-0.3, -0.25) is 14.5 Å². The minimum atomic E-state index is -4.46. The molecule has 4 rings (SSSR count). The van der Waals surface area contributed by atoms with Gasteiger partial charge in [-0.05, 0) is 47.5 Å². The lowest BCUT2D eigenvalue weighted by Crippen LogP contribution is -2.46. The average molecular weight is 549 g/mol. The van der Waals surface area contributed by atoms with Crippen LogP contribution in [-0.4, -0.2) is 44.7 Å². The summed E-state index contributed by atoms with van der Waals surface area (Å²) < 4.78 is 45.4. The number of amides is 1. The van der Waals surface area contributed by atoms with Gasteiger partial charge in [0.15, 0.2) is 0 Å². The first-order chi connectivity index (χ1) is 19.1. The lowest BCUT2D eigenvalue weighted by molar-refractivity contribution is -0.151. The number of carbonyl (C=O) groups excluding carboxylic acids is 2. The van der Waals surface area contributed by atoms with E-state index < -0.39 is 29.7 Å². The van der Waals surface area contributed by atoms with E-state index in [2.05, 4.69) is 10.1 Å². The molecule has 1 amide bonds. The molecule has 0 aliphatic heterocycles. The molecule has 0 radical (unpaired) electrons. The van der Waals surface area contributed by atoms with Gasteiger partial charge in [-0.25, -0.2) is 4.79 Å². The second-order valence-electron chi connectivity index (χ2n) is 9.05. The van der Waals surface area contributed by atoms with E-state index in [1.165, 1.54) is 36.3 Å². The number of nitrogens with zero attached hydrogens (tertiary/aromatic N) is 4. The van der Waals surface area contributed by atoms with Crippen LogP contribution in [0.25, 0.3) is 17.3 Å². The highest BCUT2D eigenvalue weighted by Crippen LogP contribution is 2.29. The van der Waals surface area contributed by atoms with Crippen molar-refractivity contribution in [2.24, 2.45) is 7.05 Å². The largest absolute Gasteiger partial charge is 0.467 e. The number of halogens is 3. The van der Waals surface area contributed by atoms with Gasteiger partial charge in [0, 0.05) is 44.0 Å². The number of rotatable bonds is 9. The number of hydrogen-bond donors (Lipinski definition) is 0. The molecule has 0 aliphatic rings. The third kappa shape index (κ3) is 7.22. The summed E-state index contributed by atoms with van der Waals surface area (Å²) in [7, 11) is 2.99. The van der Waals surface area contributed by atoms with Crippen LogP contribution in [0.5, 0.6) is 0 Å². The molecule has 2 heterocycles. The van der Waals surface area contributed by atoms with Crippen molar-refractivity contribution >= 4 is 18.0 Å². The van der Waals surface area contributed by atoms with E-state index in [-0.39, 0.29) is 13.0 Å². The Balaban J connectivity index is 1.62. The Bertz CT molecular complexity index is 1460. The zero-order chi connectivity index (χ0) is 28.7. The quantitative estimate of drug-likeness (QED) is 0.209. The van der Waals surface area contributed by atoms with Gasteiger partial charge in [-0.2, -0.15) is 18.3 Å². The van der Waals surface area contributed by atoms with E-state index in [4.69, 9.17) is 4.74 Å². The minimum absolute atomic E-state index is 0.0747. The Hall–Kier alpha value is -4.73. The third-order valence-corrected chi connectivity index (χ3v) is 6.23. The highest BCUT2D eigenvalue weighted by molar-refractivity contribution is 5.94. The molecule has 0 spiro atoms. The van der Waals surface area contributed by atoms with Crippen molar-refractivity contribution in [3.63, 3.8) is 0 Å². The first kappa shape index (κ1) is 28.3. The number of aromatic nitrogens is 3. The van der Waals surface area contributed by atoms with Crippen molar-refractivity contribution in [2.45, 2.75) is 25.2 Å². The Morgan fingerprint density at radius 1 is 1.02 bits per heavy atom. The fourth-order valence-electron chi connectivity index (χ4n) is 4.13.